The predicted octanol–water partition coefficient (Wildman–Crippen LogP) is 3.61. The highest BCUT2D eigenvalue weighted by Crippen LogP contribution is 2.18. The molecule has 0 aliphatic heterocycles. The molecule has 1 amide bonds. The Labute approximate surface area is 183 Å². The number of carbonyl (C=O) groups excluding carboxylic acids is 2. The standard InChI is InChI=1S/C23H35NO7/c25-16-9-10-20(23(29)30)24-21(26)11-7-5-3-1-2-4-6-8-17-31-19-14-12-18(13-15-19)22(27)28/h12,14-16,18,20H,1-11,13,17H2,(H,24,26)(H,27,28)(H,29,30)/t18-,20?/m0/s1. The van der Waals surface area contributed by atoms with E-state index in [4.69, 9.17) is 14.9 Å². The Bertz CT molecular complexity index is 642. The first-order valence-corrected chi connectivity index (χ1v) is 11.1. The summed E-state index contributed by atoms with van der Waals surface area (Å²) in [4.78, 5) is 44.1. The monoisotopic (exact) mass is 437 g/mol. The number of aliphatic carboxylic acids is 2. The second-order valence-corrected chi connectivity index (χ2v) is 7.78. The number of allylic oxidation sites excluding steroid dienone is 2. The van der Waals surface area contributed by atoms with Gasteiger partial charge in [0.05, 0.1) is 12.5 Å². The van der Waals surface area contributed by atoms with Gasteiger partial charge in [-0.15, -0.1) is 0 Å². The summed E-state index contributed by atoms with van der Waals surface area (Å²) >= 11 is 0. The molecule has 1 rings (SSSR count). The van der Waals surface area contributed by atoms with Crippen LogP contribution in [0, 0.1) is 5.92 Å². The lowest BCUT2D eigenvalue weighted by Crippen LogP contribution is -2.40. The number of amides is 1. The molecule has 8 heteroatoms. The van der Waals surface area contributed by atoms with Crippen molar-refractivity contribution in [2.75, 3.05) is 6.61 Å². The van der Waals surface area contributed by atoms with E-state index in [0.29, 0.717) is 25.7 Å². The summed E-state index contributed by atoms with van der Waals surface area (Å²) in [5.41, 5.74) is 0. The maximum Gasteiger partial charge on any atom is 0.326 e. The lowest BCUT2D eigenvalue weighted by atomic mass is 10.0. The Balaban J connectivity index is 1.94. The number of carboxylic acid groups (broad SMARTS) is 2. The van der Waals surface area contributed by atoms with Gasteiger partial charge in [-0.1, -0.05) is 44.6 Å². The summed E-state index contributed by atoms with van der Waals surface area (Å²) in [5, 5.41) is 20.4. The molecule has 1 aliphatic rings. The van der Waals surface area contributed by atoms with Crippen LogP contribution in [0.4, 0.5) is 0 Å². The number of nitrogens with one attached hydrogen (secondary N) is 1. The van der Waals surface area contributed by atoms with Crippen molar-refractivity contribution in [2.24, 2.45) is 5.92 Å². The highest BCUT2D eigenvalue weighted by molar-refractivity contribution is 5.83. The molecular weight excluding hydrogens is 402 g/mol. The van der Waals surface area contributed by atoms with Gasteiger partial charge in [0, 0.05) is 12.8 Å². The van der Waals surface area contributed by atoms with Crippen LogP contribution in [0.2, 0.25) is 0 Å². The van der Waals surface area contributed by atoms with Gasteiger partial charge in [-0.05, 0) is 37.8 Å². The Kier molecular flexibility index (Phi) is 13.7. The molecule has 0 aromatic heterocycles. The Morgan fingerprint density at radius 2 is 1.71 bits per heavy atom. The first-order valence-electron chi connectivity index (χ1n) is 11.1. The third-order valence-electron chi connectivity index (χ3n) is 5.16. The minimum absolute atomic E-state index is 0.117. The Morgan fingerprint density at radius 1 is 1.06 bits per heavy atom. The quantitative estimate of drug-likeness (QED) is 0.221. The molecule has 1 unspecified atom stereocenters. The van der Waals surface area contributed by atoms with Crippen LogP contribution in [0.1, 0.15) is 77.0 Å². The zero-order valence-corrected chi connectivity index (χ0v) is 18.1. The number of aldehydes is 1. The van der Waals surface area contributed by atoms with E-state index in [0.717, 1.165) is 57.1 Å². The topological polar surface area (TPSA) is 130 Å². The molecule has 0 saturated heterocycles. The molecule has 0 bridgehead atoms. The molecule has 31 heavy (non-hydrogen) atoms. The summed E-state index contributed by atoms with van der Waals surface area (Å²) < 4.78 is 5.65. The van der Waals surface area contributed by atoms with E-state index in [2.05, 4.69) is 5.32 Å². The van der Waals surface area contributed by atoms with Crippen LogP contribution in [0.5, 0.6) is 0 Å². The summed E-state index contributed by atoms with van der Waals surface area (Å²) in [7, 11) is 0. The van der Waals surface area contributed by atoms with Crippen molar-refractivity contribution in [2.45, 2.75) is 83.1 Å². The van der Waals surface area contributed by atoms with Crippen LogP contribution in [0.25, 0.3) is 0 Å². The average molecular weight is 438 g/mol. The molecule has 3 N–H and O–H groups in total. The summed E-state index contributed by atoms with van der Waals surface area (Å²) in [6.45, 7) is 0.632. The van der Waals surface area contributed by atoms with Gasteiger partial charge in [-0.3, -0.25) is 9.59 Å². The van der Waals surface area contributed by atoms with Crippen molar-refractivity contribution in [3.63, 3.8) is 0 Å². The zero-order valence-electron chi connectivity index (χ0n) is 18.1. The summed E-state index contributed by atoms with van der Waals surface area (Å²) in [6.07, 6.45) is 15.0. The minimum atomic E-state index is -1.11. The molecular formula is C23H35NO7. The van der Waals surface area contributed by atoms with Crippen molar-refractivity contribution in [3.8, 4) is 0 Å². The molecule has 0 radical (unpaired) electrons. The van der Waals surface area contributed by atoms with Gasteiger partial charge in [0.1, 0.15) is 18.1 Å². The normalized spacial score (nSPS) is 16.3. The second-order valence-electron chi connectivity index (χ2n) is 7.78. The fraction of sp³-hybridized carbons (Fsp3) is 0.652. The van der Waals surface area contributed by atoms with E-state index in [9.17, 15) is 19.2 Å². The SMILES string of the molecule is O=CCCC(NC(=O)CCCCCCCCCCOC1=CC[C@@H](C(=O)O)C=C1)C(=O)O. The van der Waals surface area contributed by atoms with Crippen molar-refractivity contribution in [1.82, 2.24) is 5.32 Å². The van der Waals surface area contributed by atoms with Crippen LogP contribution in [0.15, 0.2) is 24.0 Å². The Hall–Kier alpha value is -2.64. The van der Waals surface area contributed by atoms with Crippen LogP contribution in [-0.4, -0.2) is 47.0 Å². The number of rotatable bonds is 18. The van der Waals surface area contributed by atoms with E-state index in [1.807, 2.05) is 6.08 Å². The first kappa shape index (κ1) is 26.4. The van der Waals surface area contributed by atoms with Crippen molar-refractivity contribution in [3.05, 3.63) is 24.0 Å². The fourth-order valence-electron chi connectivity index (χ4n) is 3.29. The van der Waals surface area contributed by atoms with Gasteiger partial charge in [-0.2, -0.15) is 0 Å². The molecule has 2 atom stereocenters. The van der Waals surface area contributed by atoms with Gasteiger partial charge >= 0.3 is 11.9 Å². The first-order chi connectivity index (χ1) is 14.9. The predicted molar refractivity (Wildman–Crippen MR) is 115 cm³/mol. The van der Waals surface area contributed by atoms with E-state index >= 15 is 0 Å². The Morgan fingerprint density at radius 3 is 2.26 bits per heavy atom. The van der Waals surface area contributed by atoms with Crippen LogP contribution >= 0.6 is 0 Å². The number of carbonyl (C=O) groups is 4. The van der Waals surface area contributed by atoms with Gasteiger partial charge in [-0.25, -0.2) is 4.79 Å². The van der Waals surface area contributed by atoms with Crippen LogP contribution in [0.3, 0.4) is 0 Å². The van der Waals surface area contributed by atoms with E-state index in [1.165, 1.54) is 0 Å². The molecule has 174 valence electrons. The molecule has 0 heterocycles. The molecule has 0 aromatic carbocycles. The van der Waals surface area contributed by atoms with E-state index in [1.54, 1.807) is 12.2 Å². The number of ether oxygens (including phenoxy) is 1. The second kappa shape index (κ2) is 16.1. The van der Waals surface area contributed by atoms with Crippen molar-refractivity contribution >= 4 is 24.1 Å². The van der Waals surface area contributed by atoms with Gasteiger partial charge < -0.3 is 25.1 Å². The number of unbranched alkanes of at least 4 members (excludes halogenated alkanes) is 7. The van der Waals surface area contributed by atoms with Gasteiger partial charge in [0.15, 0.2) is 0 Å². The molecule has 8 nitrogen and oxygen atoms in total. The minimum Gasteiger partial charge on any atom is -0.494 e. The maximum atomic E-state index is 11.8. The van der Waals surface area contributed by atoms with Crippen molar-refractivity contribution < 1.29 is 34.1 Å². The van der Waals surface area contributed by atoms with E-state index < -0.39 is 23.9 Å². The summed E-state index contributed by atoms with van der Waals surface area (Å²) in [5.74, 6) is -1.90. The molecule has 0 saturated carbocycles. The molecule has 1 aliphatic carbocycles. The van der Waals surface area contributed by atoms with Gasteiger partial charge in [0.25, 0.3) is 0 Å². The highest BCUT2D eigenvalue weighted by atomic mass is 16.5. The maximum absolute atomic E-state index is 11.8. The molecule has 0 aromatic rings. The smallest absolute Gasteiger partial charge is 0.326 e. The fourth-order valence-corrected chi connectivity index (χ4v) is 3.29. The van der Waals surface area contributed by atoms with Crippen LogP contribution < -0.4 is 5.32 Å². The average Bonchev–Trinajstić information content (AvgIpc) is 2.75. The van der Waals surface area contributed by atoms with Crippen molar-refractivity contribution in [1.29, 1.82) is 0 Å². The molecule has 0 fully saturated rings. The number of carboxylic acids is 2. The largest absolute Gasteiger partial charge is 0.494 e. The highest BCUT2D eigenvalue weighted by Gasteiger charge is 2.19. The summed E-state index contributed by atoms with van der Waals surface area (Å²) in [6, 6.07) is -0.992. The zero-order chi connectivity index (χ0) is 22.9. The lowest BCUT2D eigenvalue weighted by molar-refractivity contribution is -0.142. The molecule has 0 spiro atoms. The number of hydrogen-bond acceptors (Lipinski definition) is 5. The number of hydrogen-bond donors (Lipinski definition) is 3. The van der Waals surface area contributed by atoms with Gasteiger partial charge in [0.2, 0.25) is 5.91 Å². The van der Waals surface area contributed by atoms with E-state index in [-0.39, 0.29) is 18.7 Å². The lowest BCUT2D eigenvalue weighted by Gasteiger charge is -2.13. The van der Waals surface area contributed by atoms with Crippen LogP contribution in [-0.2, 0) is 23.9 Å². The third kappa shape index (κ3) is 12.6. The third-order valence-corrected chi connectivity index (χ3v) is 5.16.